The van der Waals surface area contributed by atoms with Crippen molar-refractivity contribution in [3.8, 4) is 11.8 Å². The average molecular weight is 291 g/mol. The number of amides is 1. The number of nitrogens with one attached hydrogen (secondary N) is 1. The minimum absolute atomic E-state index is 0.160. The Labute approximate surface area is 123 Å². The monoisotopic (exact) mass is 291 g/mol. The summed E-state index contributed by atoms with van der Waals surface area (Å²) in [6, 6.07) is 4.11. The number of ether oxygens (including phenoxy) is 1. The van der Waals surface area contributed by atoms with Gasteiger partial charge in [-0.25, -0.2) is 4.39 Å². The molecule has 112 valence electrons. The van der Waals surface area contributed by atoms with Crippen molar-refractivity contribution in [1.29, 1.82) is 0 Å². The van der Waals surface area contributed by atoms with Gasteiger partial charge in [0.1, 0.15) is 12.4 Å². The Bertz CT molecular complexity index is 583. The summed E-state index contributed by atoms with van der Waals surface area (Å²) in [5, 5.41) is 11.5. The Morgan fingerprint density at radius 2 is 2.38 bits per heavy atom. The normalized spacial score (nSPS) is 21.3. The Morgan fingerprint density at radius 1 is 1.57 bits per heavy atom. The van der Waals surface area contributed by atoms with Gasteiger partial charge in [-0.05, 0) is 38.0 Å². The van der Waals surface area contributed by atoms with E-state index in [-0.39, 0.29) is 23.6 Å². The lowest BCUT2D eigenvalue weighted by molar-refractivity contribution is 0.0272. The van der Waals surface area contributed by atoms with Crippen LogP contribution in [0.2, 0.25) is 0 Å². The molecule has 0 aromatic heterocycles. The summed E-state index contributed by atoms with van der Waals surface area (Å²) in [4.78, 5) is 12.2. The average Bonchev–Trinajstić information content (AvgIpc) is 2.46. The van der Waals surface area contributed by atoms with E-state index in [2.05, 4.69) is 17.2 Å². The third-order valence-corrected chi connectivity index (χ3v) is 3.39. The molecule has 1 aromatic carbocycles. The smallest absolute Gasteiger partial charge is 0.251 e. The van der Waals surface area contributed by atoms with E-state index in [0.29, 0.717) is 13.2 Å². The van der Waals surface area contributed by atoms with E-state index in [1.807, 2.05) is 6.92 Å². The third kappa shape index (κ3) is 4.03. The molecule has 1 amide bonds. The van der Waals surface area contributed by atoms with Gasteiger partial charge in [0.05, 0.1) is 17.7 Å². The number of aliphatic hydroxyl groups is 1. The SMILES string of the molecule is CC1(NC(=O)c2ccc(C#CCO)c(F)c2)CCCOC1. The summed E-state index contributed by atoms with van der Waals surface area (Å²) in [6.45, 7) is 2.75. The molecular formula is C16H18FNO3. The van der Waals surface area contributed by atoms with E-state index in [0.717, 1.165) is 18.9 Å². The fourth-order valence-corrected chi connectivity index (χ4v) is 2.27. The maximum Gasteiger partial charge on any atom is 0.251 e. The summed E-state index contributed by atoms with van der Waals surface area (Å²) in [5.41, 5.74) is -0.0112. The fourth-order valence-electron chi connectivity index (χ4n) is 2.27. The van der Waals surface area contributed by atoms with Crippen LogP contribution in [-0.2, 0) is 4.74 Å². The second-order valence-corrected chi connectivity index (χ2v) is 5.33. The van der Waals surface area contributed by atoms with Crippen molar-refractivity contribution < 1.29 is 19.0 Å². The number of hydrogen-bond acceptors (Lipinski definition) is 3. The molecule has 0 radical (unpaired) electrons. The zero-order chi connectivity index (χ0) is 15.3. The number of halogens is 1. The molecule has 0 bridgehead atoms. The van der Waals surface area contributed by atoms with Crippen LogP contribution in [0.15, 0.2) is 18.2 Å². The first-order valence-corrected chi connectivity index (χ1v) is 6.84. The van der Waals surface area contributed by atoms with Crippen LogP contribution in [0, 0.1) is 17.7 Å². The Hall–Kier alpha value is -1.90. The van der Waals surface area contributed by atoms with Gasteiger partial charge in [-0.3, -0.25) is 4.79 Å². The standard InChI is InChI=1S/C16H18FNO3/c1-16(7-3-9-21-11-16)18-15(20)13-6-5-12(4-2-8-19)14(17)10-13/h5-6,10,19H,3,7-9,11H2,1H3,(H,18,20). The first-order valence-electron chi connectivity index (χ1n) is 6.84. The highest BCUT2D eigenvalue weighted by Crippen LogP contribution is 2.19. The lowest BCUT2D eigenvalue weighted by atomic mass is 9.94. The minimum atomic E-state index is -0.575. The summed E-state index contributed by atoms with van der Waals surface area (Å²) >= 11 is 0. The molecule has 1 aliphatic heterocycles. The van der Waals surface area contributed by atoms with Crippen LogP contribution < -0.4 is 5.32 Å². The van der Waals surface area contributed by atoms with Crippen molar-refractivity contribution in [1.82, 2.24) is 5.32 Å². The minimum Gasteiger partial charge on any atom is -0.384 e. The van der Waals surface area contributed by atoms with E-state index >= 15 is 0 Å². The first kappa shape index (κ1) is 15.5. The molecule has 1 aliphatic rings. The van der Waals surface area contributed by atoms with Crippen LogP contribution in [0.4, 0.5) is 4.39 Å². The van der Waals surface area contributed by atoms with Crippen molar-refractivity contribution in [3.63, 3.8) is 0 Å². The largest absolute Gasteiger partial charge is 0.384 e. The molecule has 0 saturated carbocycles. The van der Waals surface area contributed by atoms with Gasteiger partial charge < -0.3 is 15.2 Å². The molecule has 1 aromatic rings. The van der Waals surface area contributed by atoms with Crippen molar-refractivity contribution in [2.75, 3.05) is 19.8 Å². The van der Waals surface area contributed by atoms with Gasteiger partial charge in [0.15, 0.2) is 0 Å². The van der Waals surface area contributed by atoms with Crippen LogP contribution in [0.25, 0.3) is 0 Å². The quantitative estimate of drug-likeness (QED) is 0.811. The van der Waals surface area contributed by atoms with E-state index in [1.165, 1.54) is 12.1 Å². The van der Waals surface area contributed by atoms with Gasteiger partial charge in [-0.15, -0.1) is 0 Å². The zero-order valence-electron chi connectivity index (χ0n) is 11.9. The number of rotatable bonds is 2. The number of carbonyl (C=O) groups excluding carboxylic acids is 1. The second kappa shape index (κ2) is 6.70. The highest BCUT2D eigenvalue weighted by atomic mass is 19.1. The van der Waals surface area contributed by atoms with E-state index in [4.69, 9.17) is 9.84 Å². The molecule has 1 unspecified atom stereocenters. The summed E-state index contributed by atoms with van der Waals surface area (Å²) in [7, 11) is 0. The van der Waals surface area contributed by atoms with Crippen molar-refractivity contribution >= 4 is 5.91 Å². The van der Waals surface area contributed by atoms with Crippen molar-refractivity contribution in [2.45, 2.75) is 25.3 Å². The Morgan fingerprint density at radius 3 is 3.00 bits per heavy atom. The molecule has 21 heavy (non-hydrogen) atoms. The highest BCUT2D eigenvalue weighted by molar-refractivity contribution is 5.94. The van der Waals surface area contributed by atoms with E-state index in [1.54, 1.807) is 0 Å². The van der Waals surface area contributed by atoms with E-state index < -0.39 is 11.4 Å². The van der Waals surface area contributed by atoms with Crippen LogP contribution in [0.5, 0.6) is 0 Å². The first-order chi connectivity index (χ1) is 10.0. The predicted octanol–water partition coefficient (Wildman–Crippen LogP) is 1.47. The molecule has 0 spiro atoms. The third-order valence-electron chi connectivity index (χ3n) is 3.39. The summed E-state index contributed by atoms with van der Waals surface area (Å²) < 4.78 is 19.2. The van der Waals surface area contributed by atoms with E-state index in [9.17, 15) is 9.18 Å². The second-order valence-electron chi connectivity index (χ2n) is 5.33. The van der Waals surface area contributed by atoms with Crippen LogP contribution >= 0.6 is 0 Å². The molecule has 4 nitrogen and oxygen atoms in total. The van der Waals surface area contributed by atoms with Gasteiger partial charge >= 0.3 is 0 Å². The van der Waals surface area contributed by atoms with Gasteiger partial charge in [0, 0.05) is 12.2 Å². The van der Waals surface area contributed by atoms with Crippen LogP contribution in [0.1, 0.15) is 35.7 Å². The Kier molecular flexibility index (Phi) is 4.94. The van der Waals surface area contributed by atoms with Crippen LogP contribution in [0.3, 0.4) is 0 Å². The molecule has 2 rings (SSSR count). The van der Waals surface area contributed by atoms with Gasteiger partial charge in [0.25, 0.3) is 5.91 Å². The lowest BCUT2D eigenvalue weighted by Crippen LogP contribution is -2.51. The number of carbonyl (C=O) groups is 1. The van der Waals surface area contributed by atoms with Gasteiger partial charge in [-0.1, -0.05) is 11.8 Å². The van der Waals surface area contributed by atoms with Crippen molar-refractivity contribution in [2.24, 2.45) is 0 Å². The molecule has 1 saturated heterocycles. The molecule has 1 atom stereocenters. The molecular weight excluding hydrogens is 273 g/mol. The van der Waals surface area contributed by atoms with Crippen molar-refractivity contribution in [3.05, 3.63) is 35.1 Å². The number of benzene rings is 1. The highest BCUT2D eigenvalue weighted by Gasteiger charge is 2.29. The fraction of sp³-hybridized carbons (Fsp3) is 0.438. The predicted molar refractivity (Wildman–Crippen MR) is 76.3 cm³/mol. The van der Waals surface area contributed by atoms with Crippen LogP contribution in [-0.4, -0.2) is 36.4 Å². The van der Waals surface area contributed by atoms with Gasteiger partial charge in [-0.2, -0.15) is 0 Å². The number of aliphatic hydroxyl groups excluding tert-OH is 1. The molecule has 0 aliphatic carbocycles. The Balaban J connectivity index is 2.11. The maximum absolute atomic E-state index is 13.8. The topological polar surface area (TPSA) is 58.6 Å². The summed E-state index contributed by atoms with van der Waals surface area (Å²) in [6.07, 6.45) is 1.72. The molecule has 5 heteroatoms. The summed E-state index contributed by atoms with van der Waals surface area (Å²) in [5.74, 6) is 3.96. The van der Waals surface area contributed by atoms with Gasteiger partial charge in [0.2, 0.25) is 0 Å². The molecule has 1 heterocycles. The number of hydrogen-bond donors (Lipinski definition) is 2. The lowest BCUT2D eigenvalue weighted by Gasteiger charge is -2.34. The maximum atomic E-state index is 13.8. The zero-order valence-corrected chi connectivity index (χ0v) is 11.9. The molecule has 2 N–H and O–H groups in total. The molecule has 1 fully saturated rings.